The molecule has 3 rings (SSSR count). The number of ether oxygens (including phenoxy) is 2. The quantitative estimate of drug-likeness (QED) is 0.767. The number of hydrogen-bond acceptors (Lipinski definition) is 5. The molecule has 0 atom stereocenters. The number of aryl methyl sites for hydroxylation is 1. The highest BCUT2D eigenvalue weighted by molar-refractivity contribution is 7.91. The standard InChI is InChI=1S/C20H24N2O5S/c1-26-13-20(23)22-11-3-4-16-12-17(7-10-19(16)22)21-28(24,25)14-15-5-8-18(27-2)9-6-15/h5-10,12,21H,3-4,11,13-14H2,1-2H3. The van der Waals surface area contributed by atoms with Crippen molar-refractivity contribution >= 4 is 27.3 Å². The van der Waals surface area contributed by atoms with Crippen molar-refractivity contribution in [2.45, 2.75) is 18.6 Å². The minimum Gasteiger partial charge on any atom is -0.497 e. The molecule has 0 spiro atoms. The third-order valence-corrected chi connectivity index (χ3v) is 5.82. The lowest BCUT2D eigenvalue weighted by molar-refractivity contribution is -0.122. The van der Waals surface area contributed by atoms with E-state index in [4.69, 9.17) is 9.47 Å². The van der Waals surface area contributed by atoms with Gasteiger partial charge < -0.3 is 14.4 Å². The van der Waals surface area contributed by atoms with Gasteiger partial charge in [-0.1, -0.05) is 12.1 Å². The molecule has 0 saturated heterocycles. The molecule has 0 unspecified atom stereocenters. The van der Waals surface area contributed by atoms with Gasteiger partial charge in [0.25, 0.3) is 5.91 Å². The fourth-order valence-corrected chi connectivity index (χ4v) is 4.47. The molecule has 28 heavy (non-hydrogen) atoms. The zero-order valence-corrected chi connectivity index (χ0v) is 16.8. The van der Waals surface area contributed by atoms with Crippen LogP contribution in [0, 0.1) is 0 Å². The molecule has 150 valence electrons. The second kappa shape index (κ2) is 8.62. The Labute approximate surface area is 165 Å². The Morgan fingerprint density at radius 3 is 2.57 bits per heavy atom. The lowest BCUT2D eigenvalue weighted by Gasteiger charge is -2.29. The molecule has 0 radical (unpaired) electrons. The highest BCUT2D eigenvalue weighted by Gasteiger charge is 2.23. The van der Waals surface area contributed by atoms with E-state index in [0.717, 1.165) is 24.1 Å². The Balaban J connectivity index is 1.74. The van der Waals surface area contributed by atoms with Gasteiger partial charge in [0.2, 0.25) is 10.0 Å². The molecule has 1 heterocycles. The van der Waals surface area contributed by atoms with E-state index < -0.39 is 10.0 Å². The van der Waals surface area contributed by atoms with Gasteiger partial charge >= 0.3 is 0 Å². The number of benzene rings is 2. The Morgan fingerprint density at radius 2 is 1.89 bits per heavy atom. The molecule has 1 aliphatic rings. The monoisotopic (exact) mass is 404 g/mol. The Hall–Kier alpha value is -2.58. The molecule has 2 aromatic rings. The third kappa shape index (κ3) is 4.82. The molecule has 0 bridgehead atoms. The lowest BCUT2D eigenvalue weighted by Crippen LogP contribution is -2.37. The molecule has 8 heteroatoms. The summed E-state index contributed by atoms with van der Waals surface area (Å²) in [6, 6.07) is 12.2. The van der Waals surface area contributed by atoms with Gasteiger partial charge in [0, 0.05) is 25.0 Å². The number of anilines is 2. The third-order valence-electron chi connectivity index (χ3n) is 4.56. The normalized spacial score (nSPS) is 13.7. The number of carbonyl (C=O) groups is 1. The molecule has 0 aliphatic carbocycles. The van der Waals surface area contributed by atoms with E-state index in [2.05, 4.69) is 4.72 Å². The predicted molar refractivity (Wildman–Crippen MR) is 108 cm³/mol. The molecule has 1 aliphatic heterocycles. The summed E-state index contributed by atoms with van der Waals surface area (Å²) >= 11 is 0. The first-order chi connectivity index (χ1) is 13.4. The van der Waals surface area contributed by atoms with E-state index in [1.807, 2.05) is 0 Å². The Kier molecular flexibility index (Phi) is 6.21. The van der Waals surface area contributed by atoms with Crippen molar-refractivity contribution in [3.8, 4) is 5.75 Å². The number of hydrogen-bond donors (Lipinski definition) is 1. The summed E-state index contributed by atoms with van der Waals surface area (Å²) < 4.78 is 37.7. The summed E-state index contributed by atoms with van der Waals surface area (Å²) in [7, 11) is -0.511. The van der Waals surface area contributed by atoms with Crippen molar-refractivity contribution < 1.29 is 22.7 Å². The smallest absolute Gasteiger partial charge is 0.252 e. The molecule has 1 amide bonds. The van der Waals surface area contributed by atoms with Crippen LogP contribution in [0.5, 0.6) is 5.75 Å². The van der Waals surface area contributed by atoms with Gasteiger partial charge in [-0.3, -0.25) is 9.52 Å². The van der Waals surface area contributed by atoms with E-state index >= 15 is 0 Å². The van der Waals surface area contributed by atoms with Gasteiger partial charge in [0.15, 0.2) is 0 Å². The minimum atomic E-state index is -3.56. The number of carbonyl (C=O) groups excluding carboxylic acids is 1. The number of methoxy groups -OCH3 is 2. The molecule has 0 aromatic heterocycles. The first kappa shape index (κ1) is 20.2. The van der Waals surface area contributed by atoms with Crippen LogP contribution in [-0.4, -0.2) is 41.7 Å². The summed E-state index contributed by atoms with van der Waals surface area (Å²) in [5.74, 6) is 0.444. The SMILES string of the molecule is COCC(=O)N1CCCc2cc(NS(=O)(=O)Cc3ccc(OC)cc3)ccc21. The van der Waals surface area contributed by atoms with Crippen LogP contribution in [0.1, 0.15) is 17.5 Å². The number of amides is 1. The number of rotatable bonds is 7. The van der Waals surface area contributed by atoms with Crippen molar-refractivity contribution in [3.05, 3.63) is 53.6 Å². The number of fused-ring (bicyclic) bond motifs is 1. The average molecular weight is 404 g/mol. The van der Waals surface area contributed by atoms with Crippen LogP contribution in [0.25, 0.3) is 0 Å². The highest BCUT2D eigenvalue weighted by Crippen LogP contribution is 2.30. The first-order valence-electron chi connectivity index (χ1n) is 8.97. The van der Waals surface area contributed by atoms with Crippen LogP contribution < -0.4 is 14.4 Å². The second-order valence-corrected chi connectivity index (χ2v) is 8.36. The number of nitrogens with zero attached hydrogens (tertiary/aromatic N) is 1. The zero-order valence-electron chi connectivity index (χ0n) is 16.0. The fraction of sp³-hybridized carbons (Fsp3) is 0.350. The van der Waals surface area contributed by atoms with Crippen molar-refractivity contribution in [1.29, 1.82) is 0 Å². The van der Waals surface area contributed by atoms with Crippen molar-refractivity contribution in [3.63, 3.8) is 0 Å². The molecule has 0 fully saturated rings. The van der Waals surface area contributed by atoms with Gasteiger partial charge in [-0.15, -0.1) is 0 Å². The minimum absolute atomic E-state index is 0.0235. The Morgan fingerprint density at radius 1 is 1.14 bits per heavy atom. The second-order valence-electron chi connectivity index (χ2n) is 6.63. The lowest BCUT2D eigenvalue weighted by atomic mass is 10.0. The van der Waals surface area contributed by atoms with Crippen molar-refractivity contribution in [2.24, 2.45) is 0 Å². The fourth-order valence-electron chi connectivity index (χ4n) is 3.28. The Bertz CT molecular complexity index is 942. The predicted octanol–water partition coefficient (Wildman–Crippen LogP) is 2.56. The molecular weight excluding hydrogens is 380 g/mol. The van der Waals surface area contributed by atoms with Gasteiger partial charge in [-0.25, -0.2) is 8.42 Å². The maximum Gasteiger partial charge on any atom is 0.252 e. The molecule has 1 N–H and O–H groups in total. The summed E-state index contributed by atoms with van der Waals surface area (Å²) in [5.41, 5.74) is 2.92. The number of nitrogens with one attached hydrogen (secondary N) is 1. The topological polar surface area (TPSA) is 84.9 Å². The van der Waals surface area contributed by atoms with Crippen LogP contribution in [0.4, 0.5) is 11.4 Å². The van der Waals surface area contributed by atoms with E-state index in [9.17, 15) is 13.2 Å². The van der Waals surface area contributed by atoms with Gasteiger partial charge in [0.1, 0.15) is 12.4 Å². The van der Waals surface area contributed by atoms with Crippen LogP contribution in [0.15, 0.2) is 42.5 Å². The van der Waals surface area contributed by atoms with Crippen molar-refractivity contribution in [2.75, 3.05) is 37.0 Å². The largest absolute Gasteiger partial charge is 0.497 e. The summed E-state index contributed by atoms with van der Waals surface area (Å²) in [6.07, 6.45) is 1.62. The van der Waals surface area contributed by atoms with Gasteiger partial charge in [-0.2, -0.15) is 0 Å². The molecule has 0 saturated carbocycles. The molecule has 2 aromatic carbocycles. The summed E-state index contributed by atoms with van der Waals surface area (Å²) in [5, 5.41) is 0. The van der Waals surface area contributed by atoms with E-state index in [1.165, 1.54) is 7.11 Å². The average Bonchev–Trinajstić information content (AvgIpc) is 2.67. The van der Waals surface area contributed by atoms with Crippen LogP contribution in [0.2, 0.25) is 0 Å². The van der Waals surface area contributed by atoms with Crippen LogP contribution in [0.3, 0.4) is 0 Å². The van der Waals surface area contributed by atoms with Crippen molar-refractivity contribution in [1.82, 2.24) is 0 Å². The van der Waals surface area contributed by atoms with E-state index in [1.54, 1.807) is 54.5 Å². The molecule has 7 nitrogen and oxygen atoms in total. The van der Waals surface area contributed by atoms with Gasteiger partial charge in [-0.05, 0) is 54.3 Å². The number of sulfonamides is 1. The molecular formula is C20H24N2O5S. The maximum absolute atomic E-state index is 12.5. The van der Waals surface area contributed by atoms with Gasteiger partial charge in [0.05, 0.1) is 12.9 Å². The van der Waals surface area contributed by atoms with E-state index in [0.29, 0.717) is 23.5 Å². The van der Waals surface area contributed by atoms with E-state index in [-0.39, 0.29) is 18.3 Å². The first-order valence-corrected chi connectivity index (χ1v) is 10.6. The van der Waals surface area contributed by atoms with Crippen LogP contribution >= 0.6 is 0 Å². The summed E-state index contributed by atoms with van der Waals surface area (Å²) in [4.78, 5) is 13.9. The maximum atomic E-state index is 12.5. The highest BCUT2D eigenvalue weighted by atomic mass is 32.2. The zero-order chi connectivity index (χ0) is 20.1. The summed E-state index contributed by atoms with van der Waals surface area (Å²) in [6.45, 7) is 0.660. The van der Waals surface area contributed by atoms with Crippen LogP contribution in [-0.2, 0) is 31.7 Å².